The fraction of sp³-hybridized carbons (Fsp3) is 0.0741. The minimum absolute atomic E-state index is 0.199. The summed E-state index contributed by atoms with van der Waals surface area (Å²) in [7, 11) is 0. The lowest BCUT2D eigenvalue weighted by Gasteiger charge is -2.43. The highest BCUT2D eigenvalue weighted by atomic mass is 16.5. The fourth-order valence-electron chi connectivity index (χ4n) is 10.2. The van der Waals surface area contributed by atoms with Gasteiger partial charge in [0.2, 0.25) is 0 Å². The first-order valence-electron chi connectivity index (χ1n) is 19.9. The lowest BCUT2D eigenvalue weighted by atomic mass is 9.61. The van der Waals surface area contributed by atoms with Crippen LogP contribution in [0.5, 0.6) is 11.5 Å². The minimum atomic E-state index is -0.426. The van der Waals surface area contributed by atoms with Crippen molar-refractivity contribution in [1.29, 1.82) is 0 Å². The molecule has 7 aromatic carbocycles. The highest BCUT2D eigenvalue weighted by Gasteiger charge is 2.56. The van der Waals surface area contributed by atoms with Crippen LogP contribution in [0.1, 0.15) is 39.3 Å². The van der Waals surface area contributed by atoms with Crippen LogP contribution in [0.2, 0.25) is 0 Å². The Morgan fingerprint density at radius 1 is 0.544 bits per heavy atom. The van der Waals surface area contributed by atoms with E-state index in [0.717, 1.165) is 57.1 Å². The second-order valence-corrected chi connectivity index (χ2v) is 15.6. The highest BCUT2D eigenvalue weighted by molar-refractivity contribution is 5.98. The summed E-state index contributed by atoms with van der Waals surface area (Å²) in [5.74, 6) is 3.00. The molecular formula is C54H36N2O. The first-order valence-corrected chi connectivity index (χ1v) is 19.9. The molecule has 268 valence electrons. The number of hydrogen-bond acceptors (Lipinski definition) is 3. The van der Waals surface area contributed by atoms with E-state index in [0.29, 0.717) is 5.82 Å². The van der Waals surface area contributed by atoms with E-state index in [9.17, 15) is 0 Å². The summed E-state index contributed by atoms with van der Waals surface area (Å²) in [5, 5.41) is 2.57. The predicted molar refractivity (Wildman–Crippen MR) is 231 cm³/mol. The maximum atomic E-state index is 6.79. The van der Waals surface area contributed by atoms with Crippen molar-refractivity contribution in [2.24, 2.45) is 5.92 Å². The molecule has 12 rings (SSSR count). The Balaban J connectivity index is 1.07. The first kappa shape index (κ1) is 32.2. The van der Waals surface area contributed by atoms with E-state index in [4.69, 9.17) is 14.7 Å². The Labute approximate surface area is 332 Å². The molecule has 0 saturated carbocycles. The van der Waals surface area contributed by atoms with E-state index < -0.39 is 5.41 Å². The van der Waals surface area contributed by atoms with Crippen LogP contribution in [0.25, 0.3) is 61.9 Å². The Kier molecular flexibility index (Phi) is 7.03. The zero-order valence-corrected chi connectivity index (χ0v) is 31.1. The molecule has 3 heteroatoms. The maximum absolute atomic E-state index is 6.79. The van der Waals surface area contributed by atoms with Crippen molar-refractivity contribution in [3.05, 3.63) is 221 Å². The van der Waals surface area contributed by atoms with E-state index in [1.807, 2.05) is 6.07 Å². The van der Waals surface area contributed by atoms with Crippen molar-refractivity contribution in [3.63, 3.8) is 0 Å². The van der Waals surface area contributed by atoms with Gasteiger partial charge in [-0.25, -0.2) is 9.97 Å². The van der Waals surface area contributed by atoms with Gasteiger partial charge < -0.3 is 4.74 Å². The molecule has 0 amide bonds. The molecule has 4 aliphatic rings. The number of aromatic nitrogens is 2. The molecule has 2 heterocycles. The fourth-order valence-corrected chi connectivity index (χ4v) is 10.2. The minimum Gasteiger partial charge on any atom is -0.457 e. The number of ether oxygens (including phenoxy) is 1. The van der Waals surface area contributed by atoms with E-state index in [1.165, 1.54) is 44.2 Å². The summed E-state index contributed by atoms with van der Waals surface area (Å²) in [5.41, 5.74) is 14.5. The molecule has 0 N–H and O–H groups in total. The van der Waals surface area contributed by atoms with Gasteiger partial charge in [-0.15, -0.1) is 0 Å². The molecule has 0 saturated heterocycles. The highest BCUT2D eigenvalue weighted by Crippen LogP contribution is 2.64. The molecule has 3 nitrogen and oxygen atoms in total. The SMILES string of the molecule is C1=CC2c3ccccc3C3(c4ccccc4Oc4ccc(-c5ccccc5-c5cc(-c6cc7c8c(cccc8c6)CC=C7)nc(-c6ccccc6)n5)cc43)C2C=C1. The van der Waals surface area contributed by atoms with Gasteiger partial charge in [0.05, 0.1) is 16.8 Å². The van der Waals surface area contributed by atoms with Crippen molar-refractivity contribution >= 4 is 16.8 Å². The third kappa shape index (κ3) is 4.79. The molecule has 0 bridgehead atoms. The average molecular weight is 729 g/mol. The maximum Gasteiger partial charge on any atom is 0.160 e. The van der Waals surface area contributed by atoms with Crippen LogP contribution in [-0.4, -0.2) is 9.97 Å². The summed E-state index contributed by atoms with van der Waals surface area (Å²) in [4.78, 5) is 10.6. The number of nitrogens with zero attached hydrogens (tertiary/aromatic N) is 2. The molecule has 0 fully saturated rings. The van der Waals surface area contributed by atoms with E-state index >= 15 is 0 Å². The van der Waals surface area contributed by atoms with E-state index in [2.05, 4.69) is 188 Å². The van der Waals surface area contributed by atoms with Crippen molar-refractivity contribution in [3.8, 4) is 56.5 Å². The summed E-state index contributed by atoms with van der Waals surface area (Å²) in [6.45, 7) is 0. The van der Waals surface area contributed by atoms with Gasteiger partial charge in [0, 0.05) is 39.7 Å². The number of rotatable bonds is 4. The van der Waals surface area contributed by atoms with Crippen LogP contribution >= 0.6 is 0 Å². The molecule has 1 aromatic heterocycles. The lowest BCUT2D eigenvalue weighted by Crippen LogP contribution is -2.37. The number of benzene rings is 7. The Morgan fingerprint density at radius 3 is 2.25 bits per heavy atom. The quantitative estimate of drug-likeness (QED) is 0.181. The van der Waals surface area contributed by atoms with Crippen LogP contribution in [0.4, 0.5) is 0 Å². The van der Waals surface area contributed by atoms with Gasteiger partial charge in [0.25, 0.3) is 0 Å². The monoisotopic (exact) mass is 728 g/mol. The Hall–Kier alpha value is -7.10. The van der Waals surface area contributed by atoms with Gasteiger partial charge in [-0.05, 0) is 87.0 Å². The standard InChI is InChI=1S/C54H36N2O/c1-2-14-35(15-3-1)53-55-48(39-30-37-18-12-16-34-17-13-19-38(31-39)52(34)37)33-49(56-53)43-23-5-4-20-40(43)36-28-29-51-47(32-36)54(46-26-10-11-27-50(46)57-51)44-24-8-6-21-41(44)42-22-7-9-25-45(42)54/h1-16,18-33,41,44H,17H2. The van der Waals surface area contributed by atoms with E-state index in [-0.39, 0.29) is 11.8 Å². The number of hydrogen-bond donors (Lipinski definition) is 0. The predicted octanol–water partition coefficient (Wildman–Crippen LogP) is 13.1. The third-order valence-electron chi connectivity index (χ3n) is 12.6. The zero-order valence-electron chi connectivity index (χ0n) is 31.1. The largest absolute Gasteiger partial charge is 0.457 e. The van der Waals surface area contributed by atoms with Crippen molar-refractivity contribution in [1.82, 2.24) is 9.97 Å². The second kappa shape index (κ2) is 12.5. The number of para-hydroxylation sites is 1. The van der Waals surface area contributed by atoms with Gasteiger partial charge in [-0.2, -0.15) is 0 Å². The zero-order chi connectivity index (χ0) is 37.5. The molecule has 3 aliphatic carbocycles. The molecule has 3 atom stereocenters. The summed E-state index contributed by atoms with van der Waals surface area (Å²) in [6, 6.07) is 56.8. The summed E-state index contributed by atoms with van der Waals surface area (Å²) in [6.07, 6.45) is 14.7. The number of fused-ring (bicyclic) bond motifs is 9. The van der Waals surface area contributed by atoms with Crippen molar-refractivity contribution in [2.45, 2.75) is 17.8 Å². The molecular weight excluding hydrogens is 693 g/mol. The van der Waals surface area contributed by atoms with Crippen LogP contribution in [0, 0.1) is 5.92 Å². The van der Waals surface area contributed by atoms with Gasteiger partial charge >= 0.3 is 0 Å². The lowest BCUT2D eigenvalue weighted by molar-refractivity contribution is 0.374. The van der Waals surface area contributed by atoms with Gasteiger partial charge in [-0.1, -0.05) is 158 Å². The molecule has 0 radical (unpaired) electrons. The number of allylic oxidation sites excluding steroid dienone is 5. The van der Waals surface area contributed by atoms with Gasteiger partial charge in [0.1, 0.15) is 11.5 Å². The van der Waals surface area contributed by atoms with Crippen molar-refractivity contribution in [2.75, 3.05) is 0 Å². The molecule has 8 aromatic rings. The Bertz CT molecular complexity index is 3050. The average Bonchev–Trinajstić information content (AvgIpc) is 3.57. The smallest absolute Gasteiger partial charge is 0.160 e. The van der Waals surface area contributed by atoms with Gasteiger partial charge in [0.15, 0.2) is 5.82 Å². The van der Waals surface area contributed by atoms with Crippen LogP contribution < -0.4 is 4.74 Å². The van der Waals surface area contributed by atoms with E-state index in [1.54, 1.807) is 0 Å². The molecule has 1 aliphatic heterocycles. The topological polar surface area (TPSA) is 35.0 Å². The molecule has 1 spiro atoms. The normalized spacial score (nSPS) is 19.2. The Morgan fingerprint density at radius 2 is 1.32 bits per heavy atom. The third-order valence-corrected chi connectivity index (χ3v) is 12.6. The first-order chi connectivity index (χ1) is 28.2. The van der Waals surface area contributed by atoms with Gasteiger partial charge in [-0.3, -0.25) is 0 Å². The van der Waals surface area contributed by atoms with Crippen LogP contribution in [0.3, 0.4) is 0 Å². The molecule has 3 unspecified atom stereocenters. The molecule has 57 heavy (non-hydrogen) atoms. The van der Waals surface area contributed by atoms with Crippen molar-refractivity contribution < 1.29 is 4.74 Å². The van der Waals surface area contributed by atoms with Crippen LogP contribution in [0.15, 0.2) is 188 Å². The second-order valence-electron chi connectivity index (χ2n) is 15.6. The summed E-state index contributed by atoms with van der Waals surface area (Å²) < 4.78 is 6.79. The van der Waals surface area contributed by atoms with Crippen LogP contribution in [-0.2, 0) is 11.8 Å². The summed E-state index contributed by atoms with van der Waals surface area (Å²) >= 11 is 0.